The zero-order valence-electron chi connectivity index (χ0n) is 15.5. The SMILES string of the molecule is CNCc1cnc(Nc2ncc(-c3ccnc(OC4CCOCC4)n3)s2)nc1. The van der Waals surface area contributed by atoms with Crippen molar-refractivity contribution < 1.29 is 9.47 Å². The van der Waals surface area contributed by atoms with E-state index in [1.54, 1.807) is 24.8 Å². The van der Waals surface area contributed by atoms with E-state index in [2.05, 4.69) is 35.6 Å². The molecule has 1 aliphatic rings. The molecule has 3 aromatic heterocycles. The Morgan fingerprint density at radius 1 is 1.14 bits per heavy atom. The van der Waals surface area contributed by atoms with Crippen LogP contribution in [0.25, 0.3) is 10.6 Å². The molecular weight excluding hydrogens is 378 g/mol. The van der Waals surface area contributed by atoms with Crippen LogP contribution in [-0.2, 0) is 11.3 Å². The number of nitrogens with one attached hydrogen (secondary N) is 2. The van der Waals surface area contributed by atoms with Gasteiger partial charge in [-0.05, 0) is 13.1 Å². The lowest BCUT2D eigenvalue weighted by Crippen LogP contribution is -2.26. The number of hydrogen-bond acceptors (Lipinski definition) is 10. The van der Waals surface area contributed by atoms with E-state index in [1.807, 2.05) is 13.1 Å². The first-order valence-corrected chi connectivity index (χ1v) is 9.88. The normalized spacial score (nSPS) is 14.8. The summed E-state index contributed by atoms with van der Waals surface area (Å²) in [6.45, 7) is 2.16. The third-order valence-corrected chi connectivity index (χ3v) is 5.07. The maximum atomic E-state index is 5.89. The Morgan fingerprint density at radius 2 is 1.96 bits per heavy atom. The lowest BCUT2D eigenvalue weighted by Gasteiger charge is -2.22. The van der Waals surface area contributed by atoms with Crippen molar-refractivity contribution in [3.05, 3.63) is 36.4 Å². The summed E-state index contributed by atoms with van der Waals surface area (Å²) in [4.78, 5) is 22.7. The molecular formula is C18H21N7O2S. The molecule has 1 aliphatic heterocycles. The third kappa shape index (κ3) is 4.77. The van der Waals surface area contributed by atoms with Gasteiger partial charge in [-0.15, -0.1) is 0 Å². The van der Waals surface area contributed by atoms with Crippen LogP contribution in [0.2, 0.25) is 0 Å². The van der Waals surface area contributed by atoms with E-state index in [4.69, 9.17) is 9.47 Å². The fourth-order valence-corrected chi connectivity index (χ4v) is 3.52. The summed E-state index contributed by atoms with van der Waals surface area (Å²) in [6, 6.07) is 2.23. The van der Waals surface area contributed by atoms with Gasteiger partial charge in [0, 0.05) is 49.7 Å². The minimum absolute atomic E-state index is 0.103. The summed E-state index contributed by atoms with van der Waals surface area (Å²) in [6.07, 6.45) is 8.85. The molecule has 0 aromatic carbocycles. The van der Waals surface area contributed by atoms with Gasteiger partial charge in [0.1, 0.15) is 6.10 Å². The predicted molar refractivity (Wildman–Crippen MR) is 106 cm³/mol. The molecule has 2 N–H and O–H groups in total. The summed E-state index contributed by atoms with van der Waals surface area (Å²) in [5.74, 6) is 0.506. The van der Waals surface area contributed by atoms with Gasteiger partial charge in [0.25, 0.3) is 0 Å². The van der Waals surface area contributed by atoms with Gasteiger partial charge in [-0.1, -0.05) is 11.3 Å². The highest BCUT2D eigenvalue weighted by Crippen LogP contribution is 2.29. The van der Waals surface area contributed by atoms with Crippen molar-refractivity contribution in [3.63, 3.8) is 0 Å². The van der Waals surface area contributed by atoms with E-state index in [9.17, 15) is 0 Å². The quantitative estimate of drug-likeness (QED) is 0.619. The summed E-state index contributed by atoms with van der Waals surface area (Å²) < 4.78 is 11.2. The molecule has 9 nitrogen and oxygen atoms in total. The molecule has 1 fully saturated rings. The van der Waals surface area contributed by atoms with Crippen LogP contribution < -0.4 is 15.4 Å². The summed E-state index contributed by atoms with van der Waals surface area (Å²) >= 11 is 1.47. The lowest BCUT2D eigenvalue weighted by atomic mass is 10.2. The first-order chi connectivity index (χ1) is 13.8. The summed E-state index contributed by atoms with van der Waals surface area (Å²) in [7, 11) is 1.89. The van der Waals surface area contributed by atoms with Crippen molar-refractivity contribution in [2.75, 3.05) is 25.6 Å². The van der Waals surface area contributed by atoms with Crippen LogP contribution in [0.15, 0.2) is 30.9 Å². The molecule has 10 heteroatoms. The molecule has 1 saturated heterocycles. The van der Waals surface area contributed by atoms with Crippen molar-refractivity contribution in [2.45, 2.75) is 25.5 Å². The van der Waals surface area contributed by atoms with Gasteiger partial charge >= 0.3 is 6.01 Å². The van der Waals surface area contributed by atoms with Gasteiger partial charge in [0.05, 0.1) is 23.8 Å². The standard InChI is InChI=1S/C18H21N7O2S/c1-19-8-12-9-21-16(22-10-12)25-18-23-11-15(28-18)14-2-5-20-17(24-14)27-13-3-6-26-7-4-13/h2,5,9-11,13,19H,3-4,6-8H2,1H3,(H,21,22,23,25). The summed E-state index contributed by atoms with van der Waals surface area (Å²) in [5.41, 5.74) is 1.79. The Hall–Kier alpha value is -2.69. The van der Waals surface area contributed by atoms with Gasteiger partial charge < -0.3 is 20.1 Å². The predicted octanol–water partition coefficient (Wildman–Crippen LogP) is 2.41. The van der Waals surface area contributed by atoms with Gasteiger partial charge in [0.15, 0.2) is 5.13 Å². The molecule has 0 spiro atoms. The number of thiazole rings is 1. The van der Waals surface area contributed by atoms with Crippen LogP contribution in [0.5, 0.6) is 6.01 Å². The highest BCUT2D eigenvalue weighted by atomic mass is 32.1. The van der Waals surface area contributed by atoms with Crippen molar-refractivity contribution in [1.29, 1.82) is 0 Å². The Labute approximate surface area is 166 Å². The number of aromatic nitrogens is 5. The highest BCUT2D eigenvalue weighted by Gasteiger charge is 2.17. The first-order valence-electron chi connectivity index (χ1n) is 9.06. The van der Waals surface area contributed by atoms with E-state index >= 15 is 0 Å². The fourth-order valence-electron chi connectivity index (χ4n) is 2.74. The molecule has 0 atom stereocenters. The Morgan fingerprint density at radius 3 is 2.75 bits per heavy atom. The second-order valence-corrected chi connectivity index (χ2v) is 7.28. The largest absolute Gasteiger partial charge is 0.460 e. The topological polar surface area (TPSA) is 107 Å². The zero-order valence-corrected chi connectivity index (χ0v) is 16.3. The minimum Gasteiger partial charge on any atom is -0.460 e. The Balaban J connectivity index is 1.42. The monoisotopic (exact) mass is 399 g/mol. The zero-order chi connectivity index (χ0) is 19.2. The second kappa shape index (κ2) is 9.00. The highest BCUT2D eigenvalue weighted by molar-refractivity contribution is 7.18. The van der Waals surface area contributed by atoms with Crippen LogP contribution in [0, 0.1) is 0 Å². The van der Waals surface area contributed by atoms with Gasteiger partial charge in [-0.2, -0.15) is 4.98 Å². The number of hydrogen-bond donors (Lipinski definition) is 2. The van der Waals surface area contributed by atoms with Gasteiger partial charge in [-0.25, -0.2) is 19.9 Å². The molecule has 0 aliphatic carbocycles. The molecule has 28 heavy (non-hydrogen) atoms. The molecule has 4 heterocycles. The van der Waals surface area contributed by atoms with Gasteiger partial charge in [0.2, 0.25) is 5.95 Å². The number of rotatable bonds is 7. The average molecular weight is 399 g/mol. The van der Waals surface area contributed by atoms with E-state index in [0.29, 0.717) is 30.3 Å². The molecule has 4 rings (SSSR count). The second-order valence-electron chi connectivity index (χ2n) is 6.25. The van der Waals surface area contributed by atoms with Crippen molar-refractivity contribution in [1.82, 2.24) is 30.2 Å². The molecule has 0 amide bonds. The molecule has 0 unspecified atom stereocenters. The van der Waals surface area contributed by atoms with Gasteiger partial charge in [-0.3, -0.25) is 0 Å². The molecule has 0 radical (unpaired) electrons. The van der Waals surface area contributed by atoms with Crippen LogP contribution in [-0.4, -0.2) is 51.3 Å². The molecule has 0 saturated carbocycles. The Bertz CT molecular complexity index is 897. The van der Waals surface area contributed by atoms with Crippen LogP contribution in [0.1, 0.15) is 18.4 Å². The number of ether oxygens (including phenoxy) is 2. The molecule has 3 aromatic rings. The van der Waals surface area contributed by atoms with E-state index < -0.39 is 0 Å². The average Bonchev–Trinajstić information content (AvgIpc) is 3.19. The fraction of sp³-hybridized carbons (Fsp3) is 0.389. The molecule has 146 valence electrons. The Kier molecular flexibility index (Phi) is 6.00. The first kappa shape index (κ1) is 18.7. The smallest absolute Gasteiger partial charge is 0.317 e. The molecule has 0 bridgehead atoms. The summed E-state index contributed by atoms with van der Waals surface area (Å²) in [5, 5.41) is 6.88. The maximum absolute atomic E-state index is 5.89. The van der Waals surface area contributed by atoms with Crippen LogP contribution in [0.4, 0.5) is 11.1 Å². The van der Waals surface area contributed by atoms with Crippen molar-refractivity contribution >= 4 is 22.4 Å². The van der Waals surface area contributed by atoms with Crippen LogP contribution >= 0.6 is 11.3 Å². The number of nitrogens with zero attached hydrogens (tertiary/aromatic N) is 5. The van der Waals surface area contributed by atoms with Crippen molar-refractivity contribution in [2.24, 2.45) is 0 Å². The van der Waals surface area contributed by atoms with Crippen molar-refractivity contribution in [3.8, 4) is 16.6 Å². The van der Waals surface area contributed by atoms with E-state index in [-0.39, 0.29) is 6.10 Å². The third-order valence-electron chi connectivity index (χ3n) is 4.14. The van der Waals surface area contributed by atoms with E-state index in [1.165, 1.54) is 11.3 Å². The lowest BCUT2D eigenvalue weighted by molar-refractivity contribution is 0.0217. The maximum Gasteiger partial charge on any atom is 0.317 e. The number of anilines is 2. The minimum atomic E-state index is 0.103. The van der Waals surface area contributed by atoms with Crippen LogP contribution in [0.3, 0.4) is 0 Å². The van der Waals surface area contributed by atoms with E-state index in [0.717, 1.165) is 35.5 Å².